The second-order valence-corrected chi connectivity index (χ2v) is 8.41. The van der Waals surface area contributed by atoms with Crippen LogP contribution in [0.2, 0.25) is 5.02 Å². The Morgan fingerprint density at radius 1 is 1.23 bits per heavy atom. The van der Waals surface area contributed by atoms with Gasteiger partial charge < -0.3 is 14.6 Å². The van der Waals surface area contributed by atoms with E-state index in [0.29, 0.717) is 35.5 Å². The average molecular weight is 429 g/mol. The Kier molecular flexibility index (Phi) is 7.32. The van der Waals surface area contributed by atoms with E-state index >= 15 is 0 Å². The van der Waals surface area contributed by atoms with Gasteiger partial charge in [-0.2, -0.15) is 0 Å². The quantitative estimate of drug-likeness (QED) is 0.500. The van der Waals surface area contributed by atoms with Crippen LogP contribution in [0.15, 0.2) is 41.0 Å². The standard InChI is InChI=1S/C23H29ClN4O2/c1-5-16(4)25-21(29)10-11-28(14-15(2)3)23-18-9-8-17(24)13-19(18)26-22(27-23)20-7-6-12-30-20/h6-9,12-13,15-16H,5,10-11,14H2,1-4H3,(H,25,29)/t16-/m0/s1. The zero-order valence-electron chi connectivity index (χ0n) is 18.0. The van der Waals surface area contributed by atoms with Crippen molar-refractivity contribution >= 4 is 34.2 Å². The van der Waals surface area contributed by atoms with Crippen LogP contribution < -0.4 is 10.2 Å². The van der Waals surface area contributed by atoms with Gasteiger partial charge in [0.1, 0.15) is 5.82 Å². The van der Waals surface area contributed by atoms with E-state index in [0.717, 1.165) is 29.7 Å². The number of nitrogens with zero attached hydrogens (tertiary/aromatic N) is 3. The second kappa shape index (κ2) is 9.94. The van der Waals surface area contributed by atoms with E-state index < -0.39 is 0 Å². The molecular weight excluding hydrogens is 400 g/mol. The van der Waals surface area contributed by atoms with Crippen LogP contribution in [0.1, 0.15) is 40.5 Å². The maximum atomic E-state index is 12.4. The molecule has 0 bridgehead atoms. The van der Waals surface area contributed by atoms with E-state index in [1.807, 2.05) is 37.3 Å². The van der Waals surface area contributed by atoms with Crippen LogP contribution in [0.25, 0.3) is 22.5 Å². The lowest BCUT2D eigenvalue weighted by molar-refractivity contribution is -0.121. The lowest BCUT2D eigenvalue weighted by Crippen LogP contribution is -2.36. The number of anilines is 1. The molecule has 0 aliphatic rings. The number of benzene rings is 1. The minimum Gasteiger partial charge on any atom is -0.461 e. The third kappa shape index (κ3) is 5.51. The minimum absolute atomic E-state index is 0.0470. The summed E-state index contributed by atoms with van der Waals surface area (Å²) in [5.74, 6) is 2.32. The first-order valence-electron chi connectivity index (χ1n) is 10.4. The van der Waals surface area contributed by atoms with Gasteiger partial charge in [-0.05, 0) is 49.6 Å². The van der Waals surface area contributed by atoms with Crippen molar-refractivity contribution in [3.05, 3.63) is 41.6 Å². The van der Waals surface area contributed by atoms with Gasteiger partial charge in [0.15, 0.2) is 11.6 Å². The zero-order valence-corrected chi connectivity index (χ0v) is 18.7. The van der Waals surface area contributed by atoms with Gasteiger partial charge >= 0.3 is 0 Å². The fraction of sp³-hybridized carbons (Fsp3) is 0.435. The molecule has 30 heavy (non-hydrogen) atoms. The molecule has 6 nitrogen and oxygen atoms in total. The molecule has 2 aromatic heterocycles. The van der Waals surface area contributed by atoms with Crippen LogP contribution in [-0.2, 0) is 4.79 Å². The fourth-order valence-electron chi connectivity index (χ4n) is 3.25. The molecule has 3 aromatic rings. The number of furan rings is 1. The van der Waals surface area contributed by atoms with Gasteiger partial charge in [0, 0.05) is 36.0 Å². The zero-order chi connectivity index (χ0) is 21.7. The Bertz CT molecular complexity index is 988. The summed E-state index contributed by atoms with van der Waals surface area (Å²) in [7, 11) is 0. The minimum atomic E-state index is 0.0470. The van der Waals surface area contributed by atoms with Crippen molar-refractivity contribution in [2.75, 3.05) is 18.0 Å². The normalized spacial score (nSPS) is 12.3. The van der Waals surface area contributed by atoms with Crippen molar-refractivity contribution in [3.8, 4) is 11.6 Å². The highest BCUT2D eigenvalue weighted by atomic mass is 35.5. The summed E-state index contributed by atoms with van der Waals surface area (Å²) in [6.45, 7) is 9.71. The van der Waals surface area contributed by atoms with E-state index in [1.165, 1.54) is 0 Å². The van der Waals surface area contributed by atoms with Gasteiger partial charge in [0.2, 0.25) is 5.91 Å². The predicted octanol–water partition coefficient (Wildman–Crippen LogP) is 5.31. The first kappa shape index (κ1) is 22.1. The molecule has 0 aliphatic heterocycles. The summed E-state index contributed by atoms with van der Waals surface area (Å²) >= 11 is 6.23. The van der Waals surface area contributed by atoms with Crippen LogP contribution in [0, 0.1) is 5.92 Å². The highest BCUT2D eigenvalue weighted by Gasteiger charge is 2.19. The smallest absolute Gasteiger partial charge is 0.221 e. The highest BCUT2D eigenvalue weighted by Crippen LogP contribution is 2.30. The largest absolute Gasteiger partial charge is 0.461 e. The Hall–Kier alpha value is -2.60. The molecule has 1 atom stereocenters. The maximum absolute atomic E-state index is 12.4. The molecule has 0 saturated heterocycles. The third-order valence-corrected chi connectivity index (χ3v) is 5.13. The number of carbonyl (C=O) groups excluding carboxylic acids is 1. The van der Waals surface area contributed by atoms with Crippen molar-refractivity contribution < 1.29 is 9.21 Å². The van der Waals surface area contributed by atoms with Crippen molar-refractivity contribution in [3.63, 3.8) is 0 Å². The molecule has 0 aliphatic carbocycles. The number of amides is 1. The number of rotatable bonds is 9. The number of nitrogens with one attached hydrogen (secondary N) is 1. The van der Waals surface area contributed by atoms with Gasteiger partial charge in [0.25, 0.3) is 0 Å². The molecular formula is C23H29ClN4O2. The SMILES string of the molecule is CC[C@H](C)NC(=O)CCN(CC(C)C)c1nc(-c2ccco2)nc2cc(Cl)ccc12. The van der Waals surface area contributed by atoms with Gasteiger partial charge in [-0.1, -0.05) is 32.4 Å². The van der Waals surface area contributed by atoms with Crippen LogP contribution in [-0.4, -0.2) is 35.0 Å². The Morgan fingerprint density at radius 3 is 2.70 bits per heavy atom. The first-order chi connectivity index (χ1) is 14.4. The van der Waals surface area contributed by atoms with Crippen molar-refractivity contribution in [2.24, 2.45) is 5.92 Å². The second-order valence-electron chi connectivity index (χ2n) is 7.98. The lowest BCUT2D eigenvalue weighted by atomic mass is 10.1. The number of aromatic nitrogens is 2. The summed E-state index contributed by atoms with van der Waals surface area (Å²) in [6, 6.07) is 9.42. The Labute approximate surface area is 182 Å². The van der Waals surface area contributed by atoms with Crippen molar-refractivity contribution in [1.82, 2.24) is 15.3 Å². The first-order valence-corrected chi connectivity index (χ1v) is 10.8. The van der Waals surface area contributed by atoms with E-state index in [-0.39, 0.29) is 11.9 Å². The summed E-state index contributed by atoms with van der Waals surface area (Å²) < 4.78 is 5.53. The third-order valence-electron chi connectivity index (χ3n) is 4.89. The van der Waals surface area contributed by atoms with Gasteiger partial charge in [-0.15, -0.1) is 0 Å². The van der Waals surface area contributed by atoms with Crippen molar-refractivity contribution in [1.29, 1.82) is 0 Å². The molecule has 0 fully saturated rings. The molecule has 0 spiro atoms. The van der Waals surface area contributed by atoms with Gasteiger partial charge in [0.05, 0.1) is 11.8 Å². The number of hydrogen-bond acceptors (Lipinski definition) is 5. The number of fused-ring (bicyclic) bond motifs is 1. The molecule has 1 amide bonds. The molecule has 2 heterocycles. The fourth-order valence-corrected chi connectivity index (χ4v) is 3.42. The molecule has 0 saturated carbocycles. The van der Waals surface area contributed by atoms with Crippen LogP contribution >= 0.6 is 11.6 Å². The Balaban J connectivity index is 1.98. The molecule has 7 heteroatoms. The molecule has 0 unspecified atom stereocenters. The summed E-state index contributed by atoms with van der Waals surface area (Å²) in [4.78, 5) is 24.0. The van der Waals surface area contributed by atoms with Gasteiger partial charge in [-0.3, -0.25) is 4.79 Å². The number of hydrogen-bond donors (Lipinski definition) is 1. The Morgan fingerprint density at radius 2 is 2.03 bits per heavy atom. The van der Waals surface area contributed by atoms with E-state index in [9.17, 15) is 4.79 Å². The molecule has 1 aromatic carbocycles. The maximum Gasteiger partial charge on any atom is 0.221 e. The monoisotopic (exact) mass is 428 g/mol. The van der Waals surface area contributed by atoms with E-state index in [2.05, 4.69) is 36.0 Å². The summed E-state index contributed by atoms with van der Waals surface area (Å²) in [5.41, 5.74) is 0.747. The van der Waals surface area contributed by atoms with Gasteiger partial charge in [-0.25, -0.2) is 9.97 Å². The number of carbonyl (C=O) groups is 1. The van der Waals surface area contributed by atoms with Crippen molar-refractivity contribution in [2.45, 2.75) is 46.6 Å². The van der Waals surface area contributed by atoms with E-state index in [1.54, 1.807) is 6.26 Å². The molecule has 0 radical (unpaired) electrons. The summed E-state index contributed by atoms with van der Waals surface area (Å²) in [6.07, 6.45) is 2.91. The topological polar surface area (TPSA) is 71.3 Å². The van der Waals surface area contributed by atoms with Crippen LogP contribution in [0.4, 0.5) is 5.82 Å². The average Bonchev–Trinajstić information content (AvgIpc) is 3.24. The van der Waals surface area contributed by atoms with E-state index in [4.69, 9.17) is 21.0 Å². The van der Waals surface area contributed by atoms with Crippen LogP contribution in [0.3, 0.4) is 0 Å². The predicted molar refractivity (Wildman–Crippen MR) is 122 cm³/mol. The molecule has 1 N–H and O–H groups in total. The lowest BCUT2D eigenvalue weighted by Gasteiger charge is -2.27. The molecule has 3 rings (SSSR count). The summed E-state index contributed by atoms with van der Waals surface area (Å²) in [5, 5.41) is 4.55. The van der Waals surface area contributed by atoms with Crippen LogP contribution in [0.5, 0.6) is 0 Å². The highest BCUT2D eigenvalue weighted by molar-refractivity contribution is 6.31. The number of halogens is 1. The molecule has 160 valence electrons.